The number of amides is 1. The zero-order chi connectivity index (χ0) is 28.7. The van der Waals surface area contributed by atoms with Crippen molar-refractivity contribution in [2.24, 2.45) is 0 Å². The quantitative estimate of drug-likeness (QED) is 0.365. The molecule has 1 saturated heterocycles. The molecule has 0 unspecified atom stereocenters. The van der Waals surface area contributed by atoms with Crippen molar-refractivity contribution in [2.75, 3.05) is 73.0 Å². The van der Waals surface area contributed by atoms with Gasteiger partial charge in [0.15, 0.2) is 0 Å². The summed E-state index contributed by atoms with van der Waals surface area (Å²) in [6.07, 6.45) is 4.06. The highest BCUT2D eigenvalue weighted by Gasteiger charge is 2.25. The smallest absolute Gasteiger partial charge is 0.248 e. The molecular weight excluding hydrogens is 518 g/mol. The predicted molar refractivity (Wildman–Crippen MR) is 153 cm³/mol. The summed E-state index contributed by atoms with van der Waals surface area (Å²) in [5, 5.41) is 0. The second kappa shape index (κ2) is 13.6. The zero-order valence-corrected chi connectivity index (χ0v) is 25.1. The van der Waals surface area contributed by atoms with Crippen molar-refractivity contribution < 1.29 is 22.7 Å². The molecule has 1 aromatic carbocycles. The summed E-state index contributed by atoms with van der Waals surface area (Å²) in [6, 6.07) is 8.05. The Morgan fingerprint density at radius 3 is 2.26 bits per heavy atom. The number of nitrogens with zero attached hydrogens (tertiary/aromatic N) is 5. The number of likely N-dealkylation sites (N-methyl/N-ethyl adjacent to an activating group) is 2. The molecule has 1 aliphatic heterocycles. The molecule has 0 radical (unpaired) electrons. The summed E-state index contributed by atoms with van der Waals surface area (Å²) < 4.78 is 38.3. The van der Waals surface area contributed by atoms with Gasteiger partial charge in [-0.05, 0) is 75.7 Å². The average molecular weight is 562 g/mol. The molecular formula is C28H43N5O5S. The Bertz CT molecular complexity index is 1190. The number of methoxy groups -OCH3 is 1. The molecule has 2 aromatic rings. The van der Waals surface area contributed by atoms with Crippen LogP contribution in [0.15, 0.2) is 35.4 Å². The second-order valence-electron chi connectivity index (χ2n) is 10.4. The summed E-state index contributed by atoms with van der Waals surface area (Å²) in [4.78, 5) is 23.7. The first-order valence-electron chi connectivity index (χ1n) is 13.2. The molecule has 1 fully saturated rings. The van der Waals surface area contributed by atoms with E-state index in [1.165, 1.54) is 11.4 Å². The van der Waals surface area contributed by atoms with Gasteiger partial charge in [0.1, 0.15) is 18.2 Å². The van der Waals surface area contributed by atoms with Gasteiger partial charge in [0.2, 0.25) is 15.9 Å². The Hall–Kier alpha value is -2.73. The molecule has 0 spiro atoms. The van der Waals surface area contributed by atoms with Gasteiger partial charge in [-0.15, -0.1) is 0 Å². The van der Waals surface area contributed by atoms with E-state index in [0.29, 0.717) is 29.5 Å². The van der Waals surface area contributed by atoms with E-state index >= 15 is 0 Å². The van der Waals surface area contributed by atoms with Crippen LogP contribution in [0.2, 0.25) is 0 Å². The molecule has 2 heterocycles. The van der Waals surface area contributed by atoms with Crippen LogP contribution in [0.5, 0.6) is 5.75 Å². The first kappa shape index (κ1) is 30.8. The van der Waals surface area contributed by atoms with E-state index in [4.69, 9.17) is 9.47 Å². The van der Waals surface area contributed by atoms with Crippen LogP contribution < -0.4 is 9.64 Å². The van der Waals surface area contributed by atoms with Gasteiger partial charge < -0.3 is 24.2 Å². The number of hydrogen-bond donors (Lipinski definition) is 0. The maximum Gasteiger partial charge on any atom is 0.248 e. The molecule has 39 heavy (non-hydrogen) atoms. The van der Waals surface area contributed by atoms with Gasteiger partial charge in [0, 0.05) is 52.5 Å². The SMILES string of the molecule is COc1cc(C)c(S(=O)(=O)N(C)CCOCC(=O)N(C)Cc2ccc(N3CCC(N(C)C)CC3)nc2)c(C)c1. The topological polar surface area (TPSA) is 95.5 Å². The summed E-state index contributed by atoms with van der Waals surface area (Å²) in [5.41, 5.74) is 2.18. The van der Waals surface area contributed by atoms with Crippen LogP contribution in [0.4, 0.5) is 5.82 Å². The lowest BCUT2D eigenvalue weighted by Crippen LogP contribution is -2.42. The first-order chi connectivity index (χ1) is 18.4. The van der Waals surface area contributed by atoms with Crippen LogP contribution in [0, 0.1) is 13.8 Å². The Morgan fingerprint density at radius 2 is 1.72 bits per heavy atom. The number of pyridine rings is 1. The third-order valence-electron chi connectivity index (χ3n) is 7.29. The molecule has 0 saturated carbocycles. The van der Waals surface area contributed by atoms with Crippen molar-refractivity contribution in [2.45, 2.75) is 44.2 Å². The number of benzene rings is 1. The highest BCUT2D eigenvalue weighted by molar-refractivity contribution is 7.89. The largest absolute Gasteiger partial charge is 0.497 e. The lowest BCUT2D eigenvalue weighted by Gasteiger charge is -2.35. The number of hydrogen-bond acceptors (Lipinski definition) is 8. The third-order valence-corrected chi connectivity index (χ3v) is 9.45. The van der Waals surface area contributed by atoms with Crippen LogP contribution in [0.3, 0.4) is 0 Å². The molecule has 1 aromatic heterocycles. The Kier molecular flexibility index (Phi) is 10.7. The number of piperidine rings is 1. The molecule has 0 atom stereocenters. The van der Waals surface area contributed by atoms with E-state index in [9.17, 15) is 13.2 Å². The lowest BCUT2D eigenvalue weighted by atomic mass is 10.0. The van der Waals surface area contributed by atoms with Gasteiger partial charge in [-0.2, -0.15) is 4.31 Å². The van der Waals surface area contributed by atoms with Crippen LogP contribution in [-0.4, -0.2) is 108 Å². The Balaban J connectivity index is 1.44. The third kappa shape index (κ3) is 7.91. The number of aromatic nitrogens is 1. The second-order valence-corrected chi connectivity index (χ2v) is 12.4. The van der Waals surface area contributed by atoms with E-state index in [1.807, 2.05) is 18.3 Å². The van der Waals surface area contributed by atoms with E-state index < -0.39 is 10.0 Å². The minimum Gasteiger partial charge on any atom is -0.497 e. The molecule has 1 aliphatic rings. The van der Waals surface area contributed by atoms with Crippen molar-refractivity contribution in [3.05, 3.63) is 47.2 Å². The monoisotopic (exact) mass is 561 g/mol. The number of sulfonamides is 1. The van der Waals surface area contributed by atoms with Crippen molar-refractivity contribution in [1.29, 1.82) is 0 Å². The number of carbonyl (C=O) groups is 1. The molecule has 0 bridgehead atoms. The van der Waals surface area contributed by atoms with Gasteiger partial charge in [0.05, 0.1) is 18.6 Å². The van der Waals surface area contributed by atoms with Crippen LogP contribution in [0.25, 0.3) is 0 Å². The lowest BCUT2D eigenvalue weighted by molar-refractivity contribution is -0.135. The van der Waals surface area contributed by atoms with Crippen molar-refractivity contribution in [1.82, 2.24) is 19.1 Å². The van der Waals surface area contributed by atoms with Crippen molar-refractivity contribution in [3.8, 4) is 5.75 Å². The van der Waals surface area contributed by atoms with Gasteiger partial charge in [-0.3, -0.25) is 4.79 Å². The number of rotatable bonds is 12. The van der Waals surface area contributed by atoms with E-state index in [2.05, 4.69) is 28.9 Å². The number of ether oxygens (including phenoxy) is 2. The van der Waals surface area contributed by atoms with E-state index in [-0.39, 0.29) is 30.6 Å². The molecule has 10 nitrogen and oxygen atoms in total. The van der Waals surface area contributed by atoms with E-state index in [0.717, 1.165) is 37.3 Å². The Morgan fingerprint density at radius 1 is 1.08 bits per heavy atom. The van der Waals surface area contributed by atoms with Crippen LogP contribution >= 0.6 is 0 Å². The molecule has 0 aliphatic carbocycles. The number of aryl methyl sites for hydroxylation is 2. The molecule has 0 N–H and O–H groups in total. The highest BCUT2D eigenvalue weighted by atomic mass is 32.2. The van der Waals surface area contributed by atoms with Gasteiger partial charge in [0.25, 0.3) is 0 Å². The fourth-order valence-electron chi connectivity index (χ4n) is 4.84. The Labute approximate surface area is 233 Å². The fraction of sp³-hybridized carbons (Fsp3) is 0.571. The molecule has 1 amide bonds. The summed E-state index contributed by atoms with van der Waals surface area (Å²) in [6.45, 7) is 5.99. The maximum absolute atomic E-state index is 13.1. The maximum atomic E-state index is 13.1. The zero-order valence-electron chi connectivity index (χ0n) is 24.3. The predicted octanol–water partition coefficient (Wildman–Crippen LogP) is 2.53. The van der Waals surface area contributed by atoms with Gasteiger partial charge >= 0.3 is 0 Å². The fourth-order valence-corrected chi connectivity index (χ4v) is 6.40. The van der Waals surface area contributed by atoms with E-state index in [1.54, 1.807) is 45.0 Å². The van der Waals surface area contributed by atoms with Crippen molar-refractivity contribution >= 4 is 21.7 Å². The van der Waals surface area contributed by atoms with Gasteiger partial charge in [-0.25, -0.2) is 13.4 Å². The van der Waals surface area contributed by atoms with Crippen molar-refractivity contribution in [3.63, 3.8) is 0 Å². The number of anilines is 1. The minimum absolute atomic E-state index is 0.102. The normalized spacial score (nSPS) is 14.7. The van der Waals surface area contributed by atoms with Crippen LogP contribution in [0.1, 0.15) is 29.5 Å². The van der Waals surface area contributed by atoms with Gasteiger partial charge in [-0.1, -0.05) is 6.07 Å². The molecule has 216 valence electrons. The molecule has 3 rings (SSSR count). The minimum atomic E-state index is -3.71. The van der Waals surface area contributed by atoms with Crippen LogP contribution in [-0.2, 0) is 26.1 Å². The summed E-state index contributed by atoms with van der Waals surface area (Å²) in [5.74, 6) is 1.40. The summed E-state index contributed by atoms with van der Waals surface area (Å²) in [7, 11) is 5.33. The average Bonchev–Trinajstić information content (AvgIpc) is 2.90. The number of carbonyl (C=O) groups excluding carboxylic acids is 1. The first-order valence-corrected chi connectivity index (χ1v) is 14.7. The highest BCUT2D eigenvalue weighted by Crippen LogP contribution is 2.27. The molecule has 11 heteroatoms. The standard InChI is InChI=1S/C28H43N5O5S/c1-21-16-25(37-7)17-22(2)28(21)39(35,36)32(6)14-15-38-20-27(34)31(5)19-23-8-9-26(29-18-23)33-12-10-24(11-13-33)30(3)4/h8-9,16-18,24H,10-15,19-20H2,1-7H3. The summed E-state index contributed by atoms with van der Waals surface area (Å²) >= 11 is 0.